The minimum absolute atomic E-state index is 0.240. The van der Waals surface area contributed by atoms with Gasteiger partial charge in [-0.1, -0.05) is 35.9 Å². The van der Waals surface area contributed by atoms with Crippen LogP contribution in [0.3, 0.4) is 0 Å². The largest absolute Gasteiger partial charge is 0.454 e. The first kappa shape index (κ1) is 21.2. The van der Waals surface area contributed by atoms with Gasteiger partial charge in [-0.15, -0.1) is 23.1 Å². The number of nitrogens with zero attached hydrogens (tertiary/aromatic N) is 2. The van der Waals surface area contributed by atoms with Gasteiger partial charge in [0, 0.05) is 16.7 Å². The second-order valence-electron chi connectivity index (χ2n) is 7.54. The first-order valence-corrected chi connectivity index (χ1v) is 12.1. The van der Waals surface area contributed by atoms with Crippen molar-refractivity contribution in [3.8, 4) is 22.6 Å². The first-order valence-electron chi connectivity index (χ1n) is 10.2. The number of thioether (sulfide) groups is 1. The van der Waals surface area contributed by atoms with E-state index in [-0.39, 0.29) is 13.4 Å². The summed E-state index contributed by atoms with van der Waals surface area (Å²) in [6.45, 7) is 2.97. The Morgan fingerprint density at radius 2 is 1.97 bits per heavy atom. The molecule has 0 fully saturated rings. The second-order valence-corrected chi connectivity index (χ2v) is 9.41. The number of aliphatic hydroxyl groups is 1. The van der Waals surface area contributed by atoms with Gasteiger partial charge in [0.1, 0.15) is 16.2 Å². The maximum absolute atomic E-state index is 10.5. The molecule has 32 heavy (non-hydrogen) atoms. The molecule has 2 aromatic carbocycles. The van der Waals surface area contributed by atoms with Crippen LogP contribution in [0.25, 0.3) is 21.3 Å². The Hall–Kier alpha value is -2.65. The number of rotatable bonds is 8. The lowest BCUT2D eigenvalue weighted by Gasteiger charge is -2.12. The van der Waals surface area contributed by atoms with Crippen molar-refractivity contribution in [2.75, 3.05) is 19.2 Å². The number of aliphatic hydroxyl groups excluding tert-OH is 1. The molecule has 0 spiro atoms. The molecule has 8 heteroatoms. The van der Waals surface area contributed by atoms with Gasteiger partial charge < -0.3 is 19.3 Å². The number of aryl methyl sites for hydroxylation is 1. The van der Waals surface area contributed by atoms with E-state index in [1.807, 2.05) is 18.2 Å². The van der Waals surface area contributed by atoms with Crippen LogP contribution in [0.2, 0.25) is 0 Å². The van der Waals surface area contributed by atoms with Gasteiger partial charge in [-0.25, -0.2) is 9.97 Å². The van der Waals surface area contributed by atoms with Crippen LogP contribution < -0.4 is 9.47 Å². The SMILES string of the molecule is Cc1ccc(-c2csc3ncnc(SC[C@@H](O)COCc4ccc5c(c4)OCO5)c23)cc1. The molecule has 0 radical (unpaired) electrons. The minimum atomic E-state index is -0.611. The Balaban J connectivity index is 1.21. The lowest BCUT2D eigenvalue weighted by Crippen LogP contribution is -2.18. The van der Waals surface area contributed by atoms with Crippen molar-refractivity contribution in [2.24, 2.45) is 0 Å². The van der Waals surface area contributed by atoms with Crippen LogP contribution in [0.15, 0.2) is 59.2 Å². The third-order valence-corrected chi connectivity index (χ3v) is 7.15. The zero-order valence-electron chi connectivity index (χ0n) is 17.5. The van der Waals surface area contributed by atoms with Crippen molar-refractivity contribution in [3.63, 3.8) is 0 Å². The Morgan fingerprint density at radius 3 is 2.84 bits per heavy atom. The van der Waals surface area contributed by atoms with E-state index in [0.717, 1.165) is 43.4 Å². The Labute approximate surface area is 194 Å². The van der Waals surface area contributed by atoms with Gasteiger partial charge in [0.05, 0.1) is 24.7 Å². The molecule has 164 valence electrons. The van der Waals surface area contributed by atoms with E-state index in [4.69, 9.17) is 14.2 Å². The van der Waals surface area contributed by atoms with Gasteiger partial charge in [0.2, 0.25) is 6.79 Å². The van der Waals surface area contributed by atoms with Crippen LogP contribution in [0, 0.1) is 6.92 Å². The molecule has 4 aromatic rings. The second kappa shape index (κ2) is 9.46. The van der Waals surface area contributed by atoms with E-state index < -0.39 is 6.10 Å². The van der Waals surface area contributed by atoms with Gasteiger partial charge in [-0.3, -0.25) is 0 Å². The fourth-order valence-corrected chi connectivity index (χ4v) is 5.37. The van der Waals surface area contributed by atoms with Crippen molar-refractivity contribution in [1.82, 2.24) is 9.97 Å². The molecule has 3 heterocycles. The molecule has 0 saturated carbocycles. The molecule has 0 aliphatic carbocycles. The van der Waals surface area contributed by atoms with Gasteiger partial charge >= 0.3 is 0 Å². The third kappa shape index (κ3) is 4.59. The summed E-state index contributed by atoms with van der Waals surface area (Å²) in [5, 5.41) is 14.5. The highest BCUT2D eigenvalue weighted by molar-refractivity contribution is 7.99. The molecule has 1 aliphatic heterocycles. The summed E-state index contributed by atoms with van der Waals surface area (Å²) in [6.07, 6.45) is 0.975. The molecule has 1 N–H and O–H groups in total. The number of fused-ring (bicyclic) bond motifs is 2. The minimum Gasteiger partial charge on any atom is -0.454 e. The molecule has 0 unspecified atom stereocenters. The number of hydrogen-bond donors (Lipinski definition) is 1. The monoisotopic (exact) mass is 466 g/mol. The quantitative estimate of drug-likeness (QED) is 0.287. The molecular weight excluding hydrogens is 444 g/mol. The van der Waals surface area contributed by atoms with Crippen LogP contribution >= 0.6 is 23.1 Å². The molecule has 2 aromatic heterocycles. The Morgan fingerprint density at radius 1 is 1.12 bits per heavy atom. The summed E-state index contributed by atoms with van der Waals surface area (Å²) in [6, 6.07) is 14.2. The topological polar surface area (TPSA) is 73.7 Å². The van der Waals surface area contributed by atoms with Crippen molar-refractivity contribution < 1.29 is 19.3 Å². The molecule has 0 amide bonds. The van der Waals surface area contributed by atoms with Gasteiger partial charge in [0.25, 0.3) is 0 Å². The maximum atomic E-state index is 10.5. The van der Waals surface area contributed by atoms with Gasteiger partial charge in [-0.05, 0) is 30.2 Å². The third-order valence-electron chi connectivity index (χ3n) is 5.13. The highest BCUT2D eigenvalue weighted by Gasteiger charge is 2.16. The van der Waals surface area contributed by atoms with Crippen molar-refractivity contribution >= 4 is 33.3 Å². The van der Waals surface area contributed by atoms with E-state index >= 15 is 0 Å². The molecule has 0 bridgehead atoms. The number of ether oxygens (including phenoxy) is 3. The molecule has 1 aliphatic rings. The van der Waals surface area contributed by atoms with Crippen molar-refractivity contribution in [3.05, 3.63) is 65.3 Å². The lowest BCUT2D eigenvalue weighted by molar-refractivity contribution is 0.0397. The smallest absolute Gasteiger partial charge is 0.231 e. The van der Waals surface area contributed by atoms with E-state index in [9.17, 15) is 5.11 Å². The molecule has 1 atom stereocenters. The molecule has 6 nitrogen and oxygen atoms in total. The highest BCUT2D eigenvalue weighted by Crippen LogP contribution is 2.38. The van der Waals surface area contributed by atoms with Crippen LogP contribution in [-0.2, 0) is 11.3 Å². The van der Waals surface area contributed by atoms with Crippen LogP contribution in [-0.4, -0.2) is 40.3 Å². The highest BCUT2D eigenvalue weighted by atomic mass is 32.2. The summed E-state index contributed by atoms with van der Waals surface area (Å²) in [5.41, 5.74) is 4.48. The lowest BCUT2D eigenvalue weighted by atomic mass is 10.1. The van der Waals surface area contributed by atoms with Crippen LogP contribution in [0.1, 0.15) is 11.1 Å². The van der Waals surface area contributed by atoms with Gasteiger partial charge in [0.15, 0.2) is 11.5 Å². The molecule has 5 rings (SSSR count). The van der Waals surface area contributed by atoms with Gasteiger partial charge in [-0.2, -0.15) is 0 Å². The average molecular weight is 467 g/mol. The summed E-state index contributed by atoms with van der Waals surface area (Å²) in [4.78, 5) is 9.88. The Bertz CT molecular complexity index is 1230. The standard InChI is InChI=1S/C24H22N2O4S2/c1-15-2-5-17(6-3-15)19-12-32-24-22(19)23(25-13-26-24)31-11-18(27)10-28-9-16-4-7-20-21(8-16)30-14-29-20/h2-8,12-13,18,27H,9-11,14H2,1H3/t18-/m0/s1. The van der Waals surface area contributed by atoms with E-state index in [1.54, 1.807) is 17.7 Å². The number of aromatic nitrogens is 2. The summed E-state index contributed by atoms with van der Waals surface area (Å²) < 4.78 is 16.4. The van der Waals surface area contributed by atoms with E-state index in [1.165, 1.54) is 17.3 Å². The fraction of sp³-hybridized carbons (Fsp3) is 0.250. The zero-order valence-corrected chi connectivity index (χ0v) is 19.1. The molecular formula is C24H22N2O4S2. The predicted octanol–water partition coefficient (Wildman–Crippen LogP) is 5.07. The first-order chi connectivity index (χ1) is 15.7. The summed E-state index contributed by atoms with van der Waals surface area (Å²) in [7, 11) is 0. The van der Waals surface area contributed by atoms with Crippen LogP contribution in [0.4, 0.5) is 0 Å². The Kier molecular flexibility index (Phi) is 6.27. The van der Waals surface area contributed by atoms with E-state index in [2.05, 4.69) is 46.5 Å². The number of thiophene rings is 1. The molecule has 0 saturated heterocycles. The number of hydrogen-bond acceptors (Lipinski definition) is 8. The average Bonchev–Trinajstić information content (AvgIpc) is 3.45. The zero-order chi connectivity index (χ0) is 21.9. The summed E-state index contributed by atoms with van der Waals surface area (Å²) >= 11 is 3.14. The summed E-state index contributed by atoms with van der Waals surface area (Å²) in [5.74, 6) is 1.96. The maximum Gasteiger partial charge on any atom is 0.231 e. The number of benzene rings is 2. The van der Waals surface area contributed by atoms with Crippen molar-refractivity contribution in [1.29, 1.82) is 0 Å². The van der Waals surface area contributed by atoms with Crippen molar-refractivity contribution in [2.45, 2.75) is 24.7 Å². The van der Waals surface area contributed by atoms with E-state index in [0.29, 0.717) is 12.4 Å². The normalized spacial score (nSPS) is 13.6. The van der Waals surface area contributed by atoms with Crippen LogP contribution in [0.5, 0.6) is 11.5 Å². The fourth-order valence-electron chi connectivity index (χ4n) is 3.47. The predicted molar refractivity (Wildman–Crippen MR) is 127 cm³/mol.